The maximum atomic E-state index is 10.8. The smallest absolute Gasteiger partial charge is 0.306 e. The number of hydrogen-bond donors (Lipinski definition) is 0. The normalized spacial score (nSPS) is 12.2. The summed E-state index contributed by atoms with van der Waals surface area (Å²) in [7, 11) is 0. The molecule has 0 N–H and O–H groups in total. The van der Waals surface area contributed by atoms with Gasteiger partial charge in [-0.3, -0.25) is 4.79 Å². The molecule has 0 bridgehead atoms. The van der Waals surface area contributed by atoms with E-state index in [-0.39, 0.29) is 5.97 Å². The predicted molar refractivity (Wildman–Crippen MR) is 45.2 cm³/mol. The van der Waals surface area contributed by atoms with Gasteiger partial charge in [0.2, 0.25) is 0 Å². The fraction of sp³-hybridized carbons (Fsp3) is 0.778. The lowest BCUT2D eigenvalue weighted by molar-refractivity contribution is -0.146. The van der Waals surface area contributed by atoms with Crippen molar-refractivity contribution in [2.75, 3.05) is 0 Å². The van der Waals surface area contributed by atoms with Crippen molar-refractivity contribution < 1.29 is 9.53 Å². The lowest BCUT2D eigenvalue weighted by atomic mass is 10.1. The molecule has 3 heteroatoms. The van der Waals surface area contributed by atoms with Crippen LogP contribution in [0.2, 0.25) is 0 Å². The highest BCUT2D eigenvalue weighted by molar-refractivity contribution is 5.69. The molecule has 0 saturated carbocycles. The zero-order valence-electron chi connectivity index (χ0n) is 7.83. The van der Waals surface area contributed by atoms with Gasteiger partial charge in [0.15, 0.2) is 6.10 Å². The Bertz CT molecular complexity index is 181. The van der Waals surface area contributed by atoms with Crippen LogP contribution in [0.4, 0.5) is 0 Å². The molecule has 0 radical (unpaired) electrons. The van der Waals surface area contributed by atoms with E-state index >= 15 is 0 Å². The molecule has 0 heterocycles. The summed E-state index contributed by atoms with van der Waals surface area (Å²) < 4.78 is 4.86. The Labute approximate surface area is 73.3 Å². The zero-order chi connectivity index (χ0) is 9.56. The van der Waals surface area contributed by atoms with E-state index in [1.54, 1.807) is 6.92 Å². The molecule has 12 heavy (non-hydrogen) atoms. The number of nitriles is 1. The van der Waals surface area contributed by atoms with E-state index in [0.29, 0.717) is 18.8 Å². The topological polar surface area (TPSA) is 50.1 Å². The second kappa shape index (κ2) is 5.59. The number of hydrogen-bond acceptors (Lipinski definition) is 3. The maximum Gasteiger partial charge on any atom is 0.306 e. The van der Waals surface area contributed by atoms with Gasteiger partial charge in [0.1, 0.15) is 6.07 Å². The summed E-state index contributed by atoms with van der Waals surface area (Å²) in [5, 5.41) is 8.59. The number of rotatable bonds is 4. The summed E-state index contributed by atoms with van der Waals surface area (Å²) in [6, 6.07) is 1.96. The molecule has 0 spiro atoms. The van der Waals surface area contributed by atoms with Crippen LogP contribution < -0.4 is 0 Å². The van der Waals surface area contributed by atoms with Gasteiger partial charge >= 0.3 is 5.97 Å². The van der Waals surface area contributed by atoms with Crippen molar-refractivity contribution >= 4 is 5.97 Å². The number of ether oxygens (including phenoxy) is 1. The minimum absolute atomic E-state index is 0.304. The minimum Gasteiger partial charge on any atom is -0.447 e. The Hall–Kier alpha value is -1.04. The van der Waals surface area contributed by atoms with Crippen LogP contribution in [0.25, 0.3) is 0 Å². The molecule has 0 aliphatic carbocycles. The van der Waals surface area contributed by atoms with Crippen LogP contribution in [-0.4, -0.2) is 12.1 Å². The second-order valence-electron chi connectivity index (χ2n) is 3.09. The van der Waals surface area contributed by atoms with Gasteiger partial charge in [-0.1, -0.05) is 20.8 Å². The summed E-state index contributed by atoms with van der Waals surface area (Å²) in [4.78, 5) is 10.8. The number of esters is 1. The van der Waals surface area contributed by atoms with E-state index in [4.69, 9.17) is 10.00 Å². The first-order valence-electron chi connectivity index (χ1n) is 4.19. The van der Waals surface area contributed by atoms with Gasteiger partial charge in [-0.25, -0.2) is 0 Å². The summed E-state index contributed by atoms with van der Waals surface area (Å²) >= 11 is 0. The van der Waals surface area contributed by atoms with E-state index in [2.05, 4.69) is 0 Å². The van der Waals surface area contributed by atoms with Crippen LogP contribution in [0.1, 0.15) is 33.6 Å². The molecule has 0 aromatic rings. The van der Waals surface area contributed by atoms with E-state index < -0.39 is 6.10 Å². The monoisotopic (exact) mass is 169 g/mol. The Morgan fingerprint density at radius 1 is 1.58 bits per heavy atom. The highest BCUT2D eigenvalue weighted by Gasteiger charge is 2.13. The standard InChI is InChI=1S/C9H15NO2/c1-4-9(11)12-8(6-10)5-7(2)3/h7-8H,4-5H2,1-3H3/t8-/m0/s1. The zero-order valence-corrected chi connectivity index (χ0v) is 7.83. The van der Waals surface area contributed by atoms with E-state index in [1.165, 1.54) is 0 Å². The molecule has 3 nitrogen and oxygen atoms in total. The van der Waals surface area contributed by atoms with Crippen molar-refractivity contribution in [1.29, 1.82) is 5.26 Å². The Balaban J connectivity index is 3.85. The highest BCUT2D eigenvalue weighted by atomic mass is 16.5. The average molecular weight is 169 g/mol. The third-order valence-electron chi connectivity index (χ3n) is 1.39. The summed E-state index contributed by atoms with van der Waals surface area (Å²) in [6.07, 6.45) is 0.371. The van der Waals surface area contributed by atoms with Gasteiger partial charge in [0.25, 0.3) is 0 Å². The van der Waals surface area contributed by atoms with Crippen molar-refractivity contribution in [2.45, 2.75) is 39.7 Å². The third kappa shape index (κ3) is 4.73. The molecular weight excluding hydrogens is 154 g/mol. The number of nitrogens with zero attached hydrogens (tertiary/aromatic N) is 1. The van der Waals surface area contributed by atoms with Crippen molar-refractivity contribution in [1.82, 2.24) is 0 Å². The molecule has 0 aromatic heterocycles. The van der Waals surface area contributed by atoms with Crippen LogP contribution in [0.5, 0.6) is 0 Å². The van der Waals surface area contributed by atoms with Crippen molar-refractivity contribution in [3.8, 4) is 6.07 Å². The van der Waals surface area contributed by atoms with Gasteiger partial charge in [-0.2, -0.15) is 5.26 Å². The molecular formula is C9H15NO2. The first kappa shape index (κ1) is 11.0. The molecule has 0 amide bonds. The van der Waals surface area contributed by atoms with E-state index in [0.717, 1.165) is 0 Å². The molecule has 0 aliphatic heterocycles. The molecule has 0 unspecified atom stereocenters. The lowest BCUT2D eigenvalue weighted by Gasteiger charge is -2.11. The van der Waals surface area contributed by atoms with Crippen molar-refractivity contribution in [3.63, 3.8) is 0 Å². The highest BCUT2D eigenvalue weighted by Crippen LogP contribution is 2.07. The van der Waals surface area contributed by atoms with Crippen molar-refractivity contribution in [2.24, 2.45) is 5.92 Å². The minimum atomic E-state index is -0.572. The molecule has 0 aromatic carbocycles. The quantitative estimate of drug-likeness (QED) is 0.604. The summed E-state index contributed by atoms with van der Waals surface area (Å²) in [6.45, 7) is 5.69. The second-order valence-corrected chi connectivity index (χ2v) is 3.09. The van der Waals surface area contributed by atoms with Crippen LogP contribution in [-0.2, 0) is 9.53 Å². The van der Waals surface area contributed by atoms with E-state index in [9.17, 15) is 4.79 Å². The fourth-order valence-electron chi connectivity index (χ4n) is 0.797. The van der Waals surface area contributed by atoms with Gasteiger partial charge in [0.05, 0.1) is 0 Å². The molecule has 1 atom stereocenters. The van der Waals surface area contributed by atoms with Crippen LogP contribution >= 0.6 is 0 Å². The Kier molecular flexibility index (Phi) is 5.11. The molecule has 0 aliphatic rings. The Morgan fingerprint density at radius 2 is 2.17 bits per heavy atom. The van der Waals surface area contributed by atoms with Gasteiger partial charge in [-0.05, 0) is 5.92 Å². The summed E-state index contributed by atoms with van der Waals surface area (Å²) in [5.41, 5.74) is 0. The van der Waals surface area contributed by atoms with Crippen LogP contribution in [0.15, 0.2) is 0 Å². The molecule has 0 fully saturated rings. The Morgan fingerprint density at radius 3 is 2.50 bits per heavy atom. The van der Waals surface area contributed by atoms with Crippen LogP contribution in [0.3, 0.4) is 0 Å². The SMILES string of the molecule is CCC(=O)O[C@H](C#N)CC(C)C. The van der Waals surface area contributed by atoms with Crippen LogP contribution in [0, 0.1) is 17.2 Å². The average Bonchev–Trinajstić information content (AvgIpc) is 2.02. The van der Waals surface area contributed by atoms with Crippen molar-refractivity contribution in [3.05, 3.63) is 0 Å². The maximum absolute atomic E-state index is 10.8. The third-order valence-corrected chi connectivity index (χ3v) is 1.39. The molecule has 68 valence electrons. The number of carbonyl (C=O) groups excluding carboxylic acids is 1. The lowest BCUT2D eigenvalue weighted by Crippen LogP contribution is -2.17. The number of carbonyl (C=O) groups is 1. The fourth-order valence-corrected chi connectivity index (χ4v) is 0.797. The van der Waals surface area contributed by atoms with Gasteiger partial charge in [0, 0.05) is 12.8 Å². The van der Waals surface area contributed by atoms with Gasteiger partial charge < -0.3 is 4.74 Å². The first-order valence-corrected chi connectivity index (χ1v) is 4.19. The molecule has 0 saturated heterocycles. The van der Waals surface area contributed by atoms with E-state index in [1.807, 2.05) is 19.9 Å². The molecule has 0 rings (SSSR count). The largest absolute Gasteiger partial charge is 0.447 e. The predicted octanol–water partition coefficient (Wildman–Crippen LogP) is 1.88. The van der Waals surface area contributed by atoms with Gasteiger partial charge in [-0.15, -0.1) is 0 Å². The first-order chi connectivity index (χ1) is 5.60. The summed E-state index contributed by atoms with van der Waals surface area (Å²) in [5.74, 6) is 0.0708.